The average molecular weight is 479 g/mol. The zero-order chi connectivity index (χ0) is 23.1. The molecule has 4 aromatic rings. The topological polar surface area (TPSA) is 67.6 Å². The molecule has 34 heavy (non-hydrogen) atoms. The lowest BCUT2D eigenvalue weighted by atomic mass is 9.73. The zero-order valence-electron chi connectivity index (χ0n) is 19.1. The van der Waals surface area contributed by atoms with Crippen LogP contribution in [0.1, 0.15) is 25.7 Å². The Labute approximate surface area is 201 Å². The highest BCUT2D eigenvalue weighted by molar-refractivity contribution is 7.20. The second-order valence-corrected chi connectivity index (χ2v) is 10.2. The predicted molar refractivity (Wildman–Crippen MR) is 132 cm³/mol. The number of benzene rings is 1. The monoisotopic (exact) mass is 478 g/mol. The molecular weight excluding hydrogens is 451 g/mol. The lowest BCUT2D eigenvalue weighted by Gasteiger charge is -2.44. The number of aromatic nitrogens is 4. The van der Waals surface area contributed by atoms with Gasteiger partial charge in [0.2, 0.25) is 16.0 Å². The van der Waals surface area contributed by atoms with E-state index in [1.165, 1.54) is 37.8 Å². The van der Waals surface area contributed by atoms with Crippen molar-refractivity contribution in [3.8, 4) is 28.4 Å². The van der Waals surface area contributed by atoms with Crippen molar-refractivity contribution < 1.29 is 9.13 Å². The standard InChI is InChI=1S/C25H27FN6OS/c1-33-20-15-18(7-12-28-20)21-22(17-3-5-19(26)6-4-17)32-23(29-21)34-24(30-32)31-13-9-25(10-14-31)8-2-11-27-16-25/h3-7,12,15,27H,2,8-11,13-14,16H2,1H3. The van der Waals surface area contributed by atoms with Gasteiger partial charge in [-0.25, -0.2) is 18.9 Å². The Hall–Kier alpha value is -3.04. The first-order chi connectivity index (χ1) is 16.6. The Bertz CT molecular complexity index is 1300. The number of hydrogen-bond donors (Lipinski definition) is 1. The second kappa shape index (κ2) is 8.63. The van der Waals surface area contributed by atoms with E-state index < -0.39 is 0 Å². The molecule has 1 aromatic carbocycles. The zero-order valence-corrected chi connectivity index (χ0v) is 19.9. The van der Waals surface area contributed by atoms with Gasteiger partial charge in [0.1, 0.15) is 17.2 Å². The van der Waals surface area contributed by atoms with Crippen molar-refractivity contribution in [2.75, 3.05) is 38.2 Å². The summed E-state index contributed by atoms with van der Waals surface area (Å²) in [5.74, 6) is 0.252. The van der Waals surface area contributed by atoms with Crippen LogP contribution in [-0.2, 0) is 0 Å². The molecule has 0 unspecified atom stereocenters. The van der Waals surface area contributed by atoms with Crippen molar-refractivity contribution in [1.82, 2.24) is 24.9 Å². The van der Waals surface area contributed by atoms with Gasteiger partial charge < -0.3 is 15.0 Å². The van der Waals surface area contributed by atoms with E-state index in [4.69, 9.17) is 14.8 Å². The van der Waals surface area contributed by atoms with Crippen LogP contribution in [0.3, 0.4) is 0 Å². The van der Waals surface area contributed by atoms with Gasteiger partial charge in [0, 0.05) is 43.0 Å². The molecule has 9 heteroatoms. The molecule has 6 rings (SSSR count). The summed E-state index contributed by atoms with van der Waals surface area (Å²) in [4.78, 5) is 12.4. The highest BCUT2D eigenvalue weighted by Gasteiger charge is 2.36. The van der Waals surface area contributed by atoms with E-state index in [9.17, 15) is 4.39 Å². The molecule has 7 nitrogen and oxygen atoms in total. The molecule has 1 N–H and O–H groups in total. The maximum absolute atomic E-state index is 13.7. The third-order valence-corrected chi connectivity index (χ3v) is 8.15. The van der Waals surface area contributed by atoms with Crippen LogP contribution in [0.2, 0.25) is 0 Å². The highest BCUT2D eigenvalue weighted by atomic mass is 32.1. The molecule has 2 saturated heterocycles. The first kappa shape index (κ1) is 21.5. The first-order valence-corrected chi connectivity index (χ1v) is 12.6. The van der Waals surface area contributed by atoms with Crippen molar-refractivity contribution in [2.45, 2.75) is 25.7 Å². The van der Waals surface area contributed by atoms with E-state index >= 15 is 0 Å². The van der Waals surface area contributed by atoms with E-state index in [2.05, 4.69) is 15.2 Å². The van der Waals surface area contributed by atoms with Crippen LogP contribution >= 0.6 is 11.3 Å². The molecule has 176 valence electrons. The number of hydrogen-bond acceptors (Lipinski definition) is 7. The summed E-state index contributed by atoms with van der Waals surface area (Å²) in [6, 6.07) is 10.3. The van der Waals surface area contributed by atoms with Gasteiger partial charge in [0.15, 0.2) is 0 Å². The highest BCUT2D eigenvalue weighted by Crippen LogP contribution is 2.41. The number of nitrogens with one attached hydrogen (secondary N) is 1. The fourth-order valence-electron chi connectivity index (χ4n) is 5.23. The minimum absolute atomic E-state index is 0.268. The molecule has 0 radical (unpaired) electrons. The number of piperidine rings is 2. The van der Waals surface area contributed by atoms with Crippen LogP contribution in [0, 0.1) is 11.2 Å². The van der Waals surface area contributed by atoms with Gasteiger partial charge in [-0.2, -0.15) is 0 Å². The summed E-state index contributed by atoms with van der Waals surface area (Å²) in [6.45, 7) is 4.31. The molecule has 0 saturated carbocycles. The third-order valence-electron chi connectivity index (χ3n) is 7.18. The molecule has 0 amide bonds. The Morgan fingerprint density at radius 1 is 1.09 bits per heavy atom. The molecule has 0 atom stereocenters. The second-order valence-electron chi connectivity index (χ2n) is 9.25. The SMILES string of the molecule is COc1cc(-c2nc3sc(N4CCC5(CCCNC5)CC4)nn3c2-c2ccc(F)cc2)ccn1. The number of anilines is 1. The number of methoxy groups -OCH3 is 1. The summed E-state index contributed by atoms with van der Waals surface area (Å²) in [6.07, 6.45) is 6.68. The average Bonchev–Trinajstić information content (AvgIpc) is 3.44. The number of fused-ring (bicyclic) bond motifs is 1. The normalized spacial score (nSPS) is 18.0. The summed E-state index contributed by atoms with van der Waals surface area (Å²) < 4.78 is 20.9. The van der Waals surface area contributed by atoms with E-state index in [0.29, 0.717) is 11.3 Å². The van der Waals surface area contributed by atoms with E-state index in [-0.39, 0.29) is 5.82 Å². The maximum Gasteiger partial charge on any atom is 0.215 e. The van der Waals surface area contributed by atoms with Crippen LogP contribution in [0.25, 0.3) is 27.5 Å². The minimum atomic E-state index is -0.268. The Morgan fingerprint density at radius 2 is 1.91 bits per heavy atom. The number of ether oxygens (including phenoxy) is 1. The van der Waals surface area contributed by atoms with Crippen molar-refractivity contribution in [1.29, 1.82) is 0 Å². The molecular formula is C25H27FN6OS. The van der Waals surface area contributed by atoms with Gasteiger partial charge in [0.05, 0.1) is 7.11 Å². The van der Waals surface area contributed by atoms with Crippen molar-refractivity contribution in [3.63, 3.8) is 0 Å². The van der Waals surface area contributed by atoms with Crippen LogP contribution < -0.4 is 15.0 Å². The largest absolute Gasteiger partial charge is 0.481 e. The molecule has 5 heterocycles. The van der Waals surface area contributed by atoms with E-state index in [1.54, 1.807) is 36.8 Å². The van der Waals surface area contributed by atoms with Gasteiger partial charge in [-0.1, -0.05) is 11.3 Å². The summed E-state index contributed by atoms with van der Waals surface area (Å²) >= 11 is 1.61. The smallest absolute Gasteiger partial charge is 0.215 e. The summed E-state index contributed by atoms with van der Waals surface area (Å²) in [7, 11) is 1.60. The molecule has 0 aliphatic carbocycles. The van der Waals surface area contributed by atoms with Crippen molar-refractivity contribution >= 4 is 21.4 Å². The predicted octanol–water partition coefficient (Wildman–Crippen LogP) is 4.64. The van der Waals surface area contributed by atoms with Crippen LogP contribution in [0.5, 0.6) is 5.88 Å². The quantitative estimate of drug-likeness (QED) is 0.461. The van der Waals surface area contributed by atoms with Gasteiger partial charge in [0.25, 0.3) is 0 Å². The fraction of sp³-hybridized carbons (Fsp3) is 0.400. The summed E-state index contributed by atoms with van der Waals surface area (Å²) in [5.41, 5.74) is 3.82. The number of nitrogens with zero attached hydrogens (tertiary/aromatic N) is 5. The van der Waals surface area contributed by atoms with Gasteiger partial charge in [-0.15, -0.1) is 5.10 Å². The molecule has 2 fully saturated rings. The van der Waals surface area contributed by atoms with E-state index in [1.807, 2.05) is 16.6 Å². The lowest BCUT2D eigenvalue weighted by Crippen LogP contribution is -2.48. The van der Waals surface area contributed by atoms with Gasteiger partial charge in [-0.05, 0) is 68.0 Å². The lowest BCUT2D eigenvalue weighted by molar-refractivity contribution is 0.161. The Balaban J connectivity index is 1.38. The van der Waals surface area contributed by atoms with Crippen LogP contribution in [0.15, 0.2) is 42.6 Å². The molecule has 3 aromatic heterocycles. The number of rotatable bonds is 4. The van der Waals surface area contributed by atoms with Crippen molar-refractivity contribution in [3.05, 3.63) is 48.4 Å². The van der Waals surface area contributed by atoms with Crippen LogP contribution in [-0.4, -0.2) is 52.9 Å². The molecule has 2 aliphatic heterocycles. The summed E-state index contributed by atoms with van der Waals surface area (Å²) in [5, 5.41) is 9.58. The maximum atomic E-state index is 13.7. The number of halogens is 1. The molecule has 1 spiro atoms. The Kier molecular flexibility index (Phi) is 5.45. The van der Waals surface area contributed by atoms with Gasteiger partial charge >= 0.3 is 0 Å². The fourth-order valence-corrected chi connectivity index (χ4v) is 6.18. The van der Waals surface area contributed by atoms with Crippen molar-refractivity contribution in [2.24, 2.45) is 5.41 Å². The number of imidazole rings is 1. The van der Waals surface area contributed by atoms with E-state index in [0.717, 1.165) is 58.8 Å². The Morgan fingerprint density at radius 3 is 2.65 bits per heavy atom. The minimum Gasteiger partial charge on any atom is -0.481 e. The molecule has 2 aliphatic rings. The third kappa shape index (κ3) is 3.82. The molecule has 0 bridgehead atoms. The number of pyridine rings is 1. The van der Waals surface area contributed by atoms with Gasteiger partial charge in [-0.3, -0.25) is 0 Å². The first-order valence-electron chi connectivity index (χ1n) is 11.8. The van der Waals surface area contributed by atoms with Crippen LogP contribution in [0.4, 0.5) is 9.52 Å².